The molecule has 0 heterocycles. The largest absolute Gasteiger partial charge is 0.497 e. The molecule has 0 aliphatic carbocycles. The Labute approximate surface area is 112 Å². The standard InChI is InChI=1S/C14H18O5/c1-9(7-14(16)17)6-12(15)11-8-10(18-2)4-5-13(11)19-3/h4-5,8-9H,6-7H2,1-3H3,(H,16,17)/t9-/m1/s1. The van der Waals surface area contributed by atoms with Gasteiger partial charge in [-0.25, -0.2) is 0 Å². The summed E-state index contributed by atoms with van der Waals surface area (Å²) in [5.74, 6) is -0.244. The van der Waals surface area contributed by atoms with Gasteiger partial charge in [0.15, 0.2) is 5.78 Å². The van der Waals surface area contributed by atoms with Gasteiger partial charge in [-0.3, -0.25) is 9.59 Å². The number of carboxylic acids is 1. The molecule has 0 fully saturated rings. The maximum atomic E-state index is 12.2. The maximum Gasteiger partial charge on any atom is 0.303 e. The second-order valence-corrected chi connectivity index (χ2v) is 4.40. The number of carboxylic acid groups (broad SMARTS) is 1. The molecule has 0 unspecified atom stereocenters. The van der Waals surface area contributed by atoms with Gasteiger partial charge >= 0.3 is 5.97 Å². The van der Waals surface area contributed by atoms with Crippen molar-refractivity contribution < 1.29 is 24.2 Å². The summed E-state index contributed by atoms with van der Waals surface area (Å²) in [5.41, 5.74) is 0.416. The van der Waals surface area contributed by atoms with Gasteiger partial charge in [-0.2, -0.15) is 0 Å². The van der Waals surface area contributed by atoms with Gasteiger partial charge in [0.25, 0.3) is 0 Å². The number of methoxy groups -OCH3 is 2. The van der Waals surface area contributed by atoms with E-state index < -0.39 is 5.97 Å². The summed E-state index contributed by atoms with van der Waals surface area (Å²) < 4.78 is 10.2. The molecule has 0 saturated heterocycles. The number of hydrogen-bond donors (Lipinski definition) is 1. The quantitative estimate of drug-likeness (QED) is 0.767. The lowest BCUT2D eigenvalue weighted by Crippen LogP contribution is -2.11. The van der Waals surface area contributed by atoms with Crippen LogP contribution in [0.25, 0.3) is 0 Å². The van der Waals surface area contributed by atoms with Crippen molar-refractivity contribution in [1.29, 1.82) is 0 Å². The van der Waals surface area contributed by atoms with E-state index in [9.17, 15) is 9.59 Å². The number of rotatable bonds is 7. The number of Topliss-reactive ketones (excluding diaryl/α,β-unsaturated/α-hetero) is 1. The van der Waals surface area contributed by atoms with Crippen molar-refractivity contribution >= 4 is 11.8 Å². The van der Waals surface area contributed by atoms with E-state index in [0.717, 1.165) is 0 Å². The van der Waals surface area contributed by atoms with Crippen LogP contribution in [-0.4, -0.2) is 31.1 Å². The van der Waals surface area contributed by atoms with Crippen molar-refractivity contribution in [3.63, 3.8) is 0 Å². The third-order valence-corrected chi connectivity index (χ3v) is 2.76. The molecule has 104 valence electrons. The van der Waals surface area contributed by atoms with Crippen molar-refractivity contribution in [1.82, 2.24) is 0 Å². The van der Waals surface area contributed by atoms with Crippen LogP contribution >= 0.6 is 0 Å². The zero-order chi connectivity index (χ0) is 14.4. The van der Waals surface area contributed by atoms with Crippen LogP contribution in [0.2, 0.25) is 0 Å². The Hall–Kier alpha value is -2.04. The minimum absolute atomic E-state index is 0.0297. The average molecular weight is 266 g/mol. The first-order valence-corrected chi connectivity index (χ1v) is 5.95. The van der Waals surface area contributed by atoms with Crippen LogP contribution in [0, 0.1) is 5.92 Å². The monoisotopic (exact) mass is 266 g/mol. The molecule has 1 aromatic rings. The molecule has 1 aromatic carbocycles. The Balaban J connectivity index is 2.88. The summed E-state index contributed by atoms with van der Waals surface area (Å²) in [5, 5.41) is 8.69. The van der Waals surface area contributed by atoms with Crippen LogP contribution in [0.1, 0.15) is 30.1 Å². The van der Waals surface area contributed by atoms with Crippen LogP contribution in [0.15, 0.2) is 18.2 Å². The summed E-state index contributed by atoms with van der Waals surface area (Å²) in [7, 11) is 3.00. The van der Waals surface area contributed by atoms with Crippen LogP contribution in [0.3, 0.4) is 0 Å². The molecule has 5 nitrogen and oxygen atoms in total. The lowest BCUT2D eigenvalue weighted by molar-refractivity contribution is -0.137. The molecule has 19 heavy (non-hydrogen) atoms. The fourth-order valence-electron chi connectivity index (χ4n) is 1.83. The summed E-state index contributed by atoms with van der Waals surface area (Å²) in [6.45, 7) is 1.73. The summed E-state index contributed by atoms with van der Waals surface area (Å²) in [6, 6.07) is 4.97. The number of benzene rings is 1. The molecule has 0 amide bonds. The van der Waals surface area contributed by atoms with Crippen LogP contribution in [0.4, 0.5) is 0 Å². The first-order valence-electron chi connectivity index (χ1n) is 5.95. The van der Waals surface area contributed by atoms with Gasteiger partial charge in [0.2, 0.25) is 0 Å². The Bertz CT molecular complexity index is 467. The first-order chi connectivity index (χ1) is 8.97. The molecule has 0 saturated carbocycles. The highest BCUT2D eigenvalue weighted by molar-refractivity contribution is 5.99. The van der Waals surface area contributed by atoms with E-state index in [1.807, 2.05) is 0 Å². The van der Waals surface area contributed by atoms with Crippen LogP contribution in [0.5, 0.6) is 11.5 Å². The Morgan fingerprint density at radius 3 is 2.42 bits per heavy atom. The number of carbonyl (C=O) groups excluding carboxylic acids is 1. The molecule has 1 atom stereocenters. The van der Waals surface area contributed by atoms with Gasteiger partial charge in [-0.1, -0.05) is 6.92 Å². The normalized spacial score (nSPS) is 11.7. The number of hydrogen-bond acceptors (Lipinski definition) is 4. The van der Waals surface area contributed by atoms with Crippen LogP contribution < -0.4 is 9.47 Å². The van der Waals surface area contributed by atoms with E-state index in [2.05, 4.69) is 0 Å². The minimum atomic E-state index is -0.905. The topological polar surface area (TPSA) is 72.8 Å². The molecule has 1 rings (SSSR count). The van der Waals surface area contributed by atoms with Crippen molar-refractivity contribution in [3.05, 3.63) is 23.8 Å². The Morgan fingerprint density at radius 1 is 1.21 bits per heavy atom. The predicted molar refractivity (Wildman–Crippen MR) is 69.9 cm³/mol. The van der Waals surface area contributed by atoms with E-state index in [1.165, 1.54) is 14.2 Å². The average Bonchev–Trinajstić information content (AvgIpc) is 2.36. The predicted octanol–water partition coefficient (Wildman–Crippen LogP) is 2.39. The highest BCUT2D eigenvalue weighted by Gasteiger charge is 2.18. The highest BCUT2D eigenvalue weighted by atomic mass is 16.5. The highest BCUT2D eigenvalue weighted by Crippen LogP contribution is 2.26. The van der Waals surface area contributed by atoms with Crippen molar-refractivity contribution in [2.24, 2.45) is 5.92 Å². The van der Waals surface area contributed by atoms with Crippen molar-refractivity contribution in [3.8, 4) is 11.5 Å². The van der Waals surface area contributed by atoms with Crippen LogP contribution in [-0.2, 0) is 4.79 Å². The molecule has 0 radical (unpaired) electrons. The lowest BCUT2D eigenvalue weighted by atomic mass is 9.96. The summed E-state index contributed by atoms with van der Waals surface area (Å²) in [4.78, 5) is 22.8. The summed E-state index contributed by atoms with van der Waals surface area (Å²) >= 11 is 0. The smallest absolute Gasteiger partial charge is 0.303 e. The molecule has 0 aliphatic rings. The van der Waals surface area contributed by atoms with E-state index in [1.54, 1.807) is 25.1 Å². The maximum absolute atomic E-state index is 12.2. The van der Waals surface area contributed by atoms with Gasteiger partial charge in [0.1, 0.15) is 11.5 Å². The van der Waals surface area contributed by atoms with E-state index in [4.69, 9.17) is 14.6 Å². The fourth-order valence-corrected chi connectivity index (χ4v) is 1.83. The van der Waals surface area contributed by atoms with E-state index in [-0.39, 0.29) is 24.5 Å². The second kappa shape index (κ2) is 6.78. The molecule has 1 N–H and O–H groups in total. The summed E-state index contributed by atoms with van der Waals surface area (Å²) in [6.07, 6.45) is 0.133. The zero-order valence-corrected chi connectivity index (χ0v) is 11.3. The van der Waals surface area contributed by atoms with E-state index in [0.29, 0.717) is 17.1 Å². The molecule has 0 bridgehead atoms. The van der Waals surface area contributed by atoms with Gasteiger partial charge in [0.05, 0.1) is 19.8 Å². The molecular weight excluding hydrogens is 248 g/mol. The lowest BCUT2D eigenvalue weighted by Gasteiger charge is -2.12. The molecule has 0 aliphatic heterocycles. The molecule has 0 aromatic heterocycles. The molecular formula is C14H18O5. The minimum Gasteiger partial charge on any atom is -0.497 e. The Kier molecular flexibility index (Phi) is 5.36. The number of carbonyl (C=O) groups is 2. The molecule has 0 spiro atoms. The van der Waals surface area contributed by atoms with Gasteiger partial charge in [-0.05, 0) is 24.1 Å². The second-order valence-electron chi connectivity index (χ2n) is 4.40. The van der Waals surface area contributed by atoms with Gasteiger partial charge in [0, 0.05) is 12.8 Å². The van der Waals surface area contributed by atoms with Crippen molar-refractivity contribution in [2.75, 3.05) is 14.2 Å². The van der Waals surface area contributed by atoms with Gasteiger partial charge in [-0.15, -0.1) is 0 Å². The Morgan fingerprint density at radius 2 is 1.89 bits per heavy atom. The molecule has 5 heteroatoms. The zero-order valence-electron chi connectivity index (χ0n) is 11.3. The van der Waals surface area contributed by atoms with E-state index >= 15 is 0 Å². The number of ether oxygens (including phenoxy) is 2. The number of ketones is 1. The fraction of sp³-hybridized carbons (Fsp3) is 0.429. The third-order valence-electron chi connectivity index (χ3n) is 2.76. The third kappa shape index (κ3) is 4.28. The first kappa shape index (κ1) is 15.0. The van der Waals surface area contributed by atoms with Gasteiger partial charge < -0.3 is 14.6 Å². The SMILES string of the molecule is COc1ccc(OC)c(C(=O)C[C@@H](C)CC(=O)O)c1. The van der Waals surface area contributed by atoms with Crippen molar-refractivity contribution in [2.45, 2.75) is 19.8 Å². The number of aliphatic carboxylic acids is 1.